The second-order valence-electron chi connectivity index (χ2n) is 9.43. The van der Waals surface area contributed by atoms with E-state index < -0.39 is 35.2 Å². The summed E-state index contributed by atoms with van der Waals surface area (Å²) in [6.45, 7) is 0. The third kappa shape index (κ3) is 6.03. The van der Waals surface area contributed by atoms with E-state index in [0.717, 1.165) is 29.6 Å². The van der Waals surface area contributed by atoms with Gasteiger partial charge in [-0.25, -0.2) is 0 Å². The molecule has 0 aliphatic heterocycles. The molecule has 10 heteroatoms. The van der Waals surface area contributed by atoms with Crippen molar-refractivity contribution in [2.75, 3.05) is 0 Å². The first-order valence-electron chi connectivity index (χ1n) is 13.0. The van der Waals surface area contributed by atoms with Crippen LogP contribution in [0.15, 0.2) is 123 Å². The fourth-order valence-electron chi connectivity index (χ4n) is 4.85. The molecule has 0 heterocycles. The summed E-state index contributed by atoms with van der Waals surface area (Å²) in [4.78, 5) is 40.6. The molecule has 6 aromatic carbocycles. The summed E-state index contributed by atoms with van der Waals surface area (Å²) < 4.78 is 19.7. The van der Waals surface area contributed by atoms with Crippen molar-refractivity contribution in [3.63, 3.8) is 0 Å². The van der Waals surface area contributed by atoms with Crippen LogP contribution in [0.4, 0.5) is 0 Å². The Labute approximate surface area is 277 Å². The topological polar surface area (TPSA) is 78.9 Å². The molecule has 0 aromatic heterocycles. The van der Waals surface area contributed by atoms with Gasteiger partial charge in [-0.05, 0) is 0 Å². The summed E-state index contributed by atoms with van der Waals surface area (Å²) >= 11 is 6.13. The number of hydrogen-bond acceptors (Lipinski definition) is 6. The molecule has 6 aromatic rings. The molecule has 0 fully saturated rings. The van der Waals surface area contributed by atoms with Gasteiger partial charge >= 0.3 is 280 Å². The van der Waals surface area contributed by atoms with E-state index in [1.807, 2.05) is 54.6 Å². The first-order valence-corrected chi connectivity index (χ1v) is 18.3. The van der Waals surface area contributed by atoms with E-state index in [1.54, 1.807) is 54.6 Å². The summed E-state index contributed by atoms with van der Waals surface area (Å²) in [7, 11) is 0. The first kappa shape index (κ1) is 29.6. The van der Waals surface area contributed by atoms with Gasteiger partial charge in [0.25, 0.3) is 0 Å². The van der Waals surface area contributed by atoms with Crippen molar-refractivity contribution in [2.45, 2.75) is 0 Å². The monoisotopic (exact) mass is 816 g/mol. The van der Waals surface area contributed by atoms with Gasteiger partial charge in [0.2, 0.25) is 0 Å². The number of carbonyl (C=O) groups is 3. The Morgan fingerprint density at radius 3 is 0.930 bits per heavy atom. The van der Waals surface area contributed by atoms with Crippen molar-refractivity contribution in [1.82, 2.24) is 0 Å². The molecule has 0 aliphatic carbocycles. The fraction of sp³-hybridized carbons (Fsp3) is 0. The average molecular weight is 820 g/mol. The molecule has 0 amide bonds. The zero-order valence-electron chi connectivity index (χ0n) is 22.1. The van der Waals surface area contributed by atoms with E-state index in [0.29, 0.717) is 16.2 Å². The molecule has 0 radical (unpaired) electrons. The second-order valence-corrected chi connectivity index (χ2v) is 14.7. The van der Waals surface area contributed by atoms with Crippen LogP contribution >= 0.6 is 47.8 Å². The zero-order valence-corrected chi connectivity index (χ0v) is 29.2. The predicted octanol–water partition coefficient (Wildman–Crippen LogP) is 9.29. The van der Waals surface area contributed by atoms with Gasteiger partial charge in [-0.1, -0.05) is 0 Å². The molecule has 0 atom stereocenters. The van der Waals surface area contributed by atoms with Crippen LogP contribution in [0.2, 0.25) is 0 Å². The Morgan fingerprint density at radius 1 is 0.395 bits per heavy atom. The van der Waals surface area contributed by atoms with E-state index in [2.05, 4.69) is 47.8 Å². The fourth-order valence-corrected chi connectivity index (χ4v) is 8.48. The molecule has 0 bridgehead atoms. The van der Waals surface area contributed by atoms with Crippen LogP contribution in [-0.2, 0) is 10.6 Å². The molecule has 0 aliphatic rings. The standard InChI is InChI=1S/3C11H7BrO2.Ga/c3*12-10-6-5-9(11(13)14)7-3-1-2-4-8(7)10;/h3*1-6H,(H,13,14);/q;;;+3/p-3. The van der Waals surface area contributed by atoms with Gasteiger partial charge in [-0.15, -0.1) is 0 Å². The van der Waals surface area contributed by atoms with Gasteiger partial charge in [0.1, 0.15) is 0 Å². The van der Waals surface area contributed by atoms with Crippen molar-refractivity contribution in [3.8, 4) is 0 Å². The van der Waals surface area contributed by atoms with Crippen LogP contribution in [0.25, 0.3) is 32.3 Å². The number of rotatable bonds is 6. The molecule has 6 nitrogen and oxygen atoms in total. The summed E-state index contributed by atoms with van der Waals surface area (Å²) in [5, 5.41) is 4.32. The molecule has 0 spiro atoms. The van der Waals surface area contributed by atoms with E-state index in [9.17, 15) is 14.4 Å². The Bertz CT molecular complexity index is 1840. The van der Waals surface area contributed by atoms with Crippen LogP contribution in [0.5, 0.6) is 0 Å². The van der Waals surface area contributed by atoms with Crippen molar-refractivity contribution >= 4 is 115 Å². The van der Waals surface area contributed by atoms with Crippen LogP contribution in [0.3, 0.4) is 0 Å². The third-order valence-electron chi connectivity index (χ3n) is 6.88. The SMILES string of the molecule is O=C([O][Ga]([O]C(=O)c1ccc(Br)c2ccccc12)[O]C(=O)c1ccc(Br)c2ccccc12)c1ccc(Br)c2ccccc12. The van der Waals surface area contributed by atoms with E-state index >= 15 is 0 Å². The number of fused-ring (bicyclic) bond motifs is 3. The van der Waals surface area contributed by atoms with Gasteiger partial charge in [-0.3, -0.25) is 0 Å². The van der Waals surface area contributed by atoms with Crippen LogP contribution in [0.1, 0.15) is 31.1 Å². The summed E-state index contributed by atoms with van der Waals surface area (Å²) in [6.07, 6.45) is 0. The molecule has 0 unspecified atom stereocenters. The zero-order chi connectivity index (χ0) is 30.1. The molecule has 0 saturated carbocycles. The van der Waals surface area contributed by atoms with Gasteiger partial charge < -0.3 is 0 Å². The minimum atomic E-state index is -4.41. The summed E-state index contributed by atoms with van der Waals surface area (Å²) in [6, 6.07) is 32.0. The molecule has 0 saturated heterocycles. The van der Waals surface area contributed by atoms with E-state index in [-0.39, 0.29) is 16.7 Å². The van der Waals surface area contributed by atoms with Gasteiger partial charge in [0, 0.05) is 0 Å². The van der Waals surface area contributed by atoms with Crippen LogP contribution in [0, 0.1) is 0 Å². The number of carbonyl (C=O) groups excluding carboxylic acids is 3. The summed E-state index contributed by atoms with van der Waals surface area (Å²) in [5.74, 6) is -2.26. The Hall–Kier alpha value is -3.41. The van der Waals surface area contributed by atoms with Crippen molar-refractivity contribution < 1.29 is 25.0 Å². The first-order chi connectivity index (χ1) is 20.8. The second kappa shape index (κ2) is 12.7. The van der Waals surface area contributed by atoms with Crippen LogP contribution in [-0.4, -0.2) is 35.2 Å². The molecule has 210 valence electrons. The number of hydrogen-bond donors (Lipinski definition) is 0. The maximum absolute atomic E-state index is 13.5. The average Bonchev–Trinajstić information content (AvgIpc) is 3.02. The van der Waals surface area contributed by atoms with Crippen molar-refractivity contribution in [2.24, 2.45) is 0 Å². The van der Waals surface area contributed by atoms with Crippen LogP contribution < -0.4 is 0 Å². The Balaban J connectivity index is 1.36. The Morgan fingerprint density at radius 2 is 0.651 bits per heavy atom. The van der Waals surface area contributed by atoms with E-state index in [4.69, 9.17) is 10.6 Å². The van der Waals surface area contributed by atoms with Gasteiger partial charge in [0.15, 0.2) is 0 Å². The maximum atomic E-state index is 13.5. The van der Waals surface area contributed by atoms with Crippen molar-refractivity contribution in [3.05, 3.63) is 139 Å². The predicted molar refractivity (Wildman–Crippen MR) is 177 cm³/mol. The summed E-state index contributed by atoms with van der Waals surface area (Å²) in [5.41, 5.74) is 0.763. The minimum absolute atomic E-state index is 0.254. The molecular weight excluding hydrogens is 802 g/mol. The van der Waals surface area contributed by atoms with Gasteiger partial charge in [0.05, 0.1) is 0 Å². The quantitative estimate of drug-likeness (QED) is 0.156. The normalized spacial score (nSPS) is 11.0. The molecule has 0 N–H and O–H groups in total. The molecule has 6 rings (SSSR count). The Kier molecular flexibility index (Phi) is 8.74. The van der Waals surface area contributed by atoms with Gasteiger partial charge in [-0.2, -0.15) is 0 Å². The third-order valence-corrected chi connectivity index (χ3v) is 11.5. The molecule has 43 heavy (non-hydrogen) atoms. The van der Waals surface area contributed by atoms with Crippen molar-refractivity contribution in [1.29, 1.82) is 0 Å². The van der Waals surface area contributed by atoms with E-state index in [1.165, 1.54) is 0 Å². The number of benzene rings is 6. The molecular formula is C33H18Br3GaO6. The number of halogens is 3.